The van der Waals surface area contributed by atoms with Gasteiger partial charge in [-0.1, -0.05) is 79.7 Å². The minimum absolute atomic E-state index is 0.00235. The molecule has 0 fully saturated rings. The summed E-state index contributed by atoms with van der Waals surface area (Å²) < 4.78 is 0. The molecule has 0 heterocycles. The highest BCUT2D eigenvalue weighted by Crippen LogP contribution is 2.21. The van der Waals surface area contributed by atoms with Gasteiger partial charge in [0.1, 0.15) is 6.04 Å². The van der Waals surface area contributed by atoms with Crippen LogP contribution in [0.5, 0.6) is 0 Å². The second kappa shape index (κ2) is 10.8. The van der Waals surface area contributed by atoms with Crippen molar-refractivity contribution in [3.63, 3.8) is 0 Å². The molecule has 0 aliphatic rings. The lowest BCUT2D eigenvalue weighted by Gasteiger charge is -2.31. The van der Waals surface area contributed by atoms with Gasteiger partial charge in [-0.25, -0.2) is 0 Å². The largest absolute Gasteiger partial charge is 0.352 e. The van der Waals surface area contributed by atoms with E-state index in [9.17, 15) is 9.59 Å². The van der Waals surface area contributed by atoms with Crippen LogP contribution in [0.4, 0.5) is 0 Å². The van der Waals surface area contributed by atoms with Crippen molar-refractivity contribution < 1.29 is 9.59 Å². The zero-order valence-corrected chi connectivity index (χ0v) is 18.7. The molecule has 3 aromatic rings. The van der Waals surface area contributed by atoms with Gasteiger partial charge in [0.25, 0.3) is 0 Å². The third-order valence-electron chi connectivity index (χ3n) is 5.50. The number of rotatable bonds is 9. The maximum absolute atomic E-state index is 13.4. The highest BCUT2D eigenvalue weighted by Gasteiger charge is 2.28. The second-order valence-electron chi connectivity index (χ2n) is 8.23. The number of benzene rings is 3. The molecule has 0 saturated heterocycles. The van der Waals surface area contributed by atoms with E-state index in [4.69, 9.17) is 0 Å². The van der Waals surface area contributed by atoms with Gasteiger partial charge < -0.3 is 10.2 Å². The molecule has 0 radical (unpaired) electrons. The Morgan fingerprint density at radius 3 is 2.29 bits per heavy atom. The Kier molecular flexibility index (Phi) is 7.82. The Morgan fingerprint density at radius 1 is 0.903 bits per heavy atom. The summed E-state index contributed by atoms with van der Waals surface area (Å²) in [6.07, 6.45) is 1.59. The van der Waals surface area contributed by atoms with Crippen LogP contribution in [-0.2, 0) is 22.6 Å². The summed E-state index contributed by atoms with van der Waals surface area (Å²) in [5.41, 5.74) is 2.18. The third-order valence-corrected chi connectivity index (χ3v) is 5.50. The summed E-state index contributed by atoms with van der Waals surface area (Å²) >= 11 is 0. The monoisotopic (exact) mass is 416 g/mol. The fourth-order valence-electron chi connectivity index (χ4n) is 3.98. The first kappa shape index (κ1) is 22.5. The van der Waals surface area contributed by atoms with Crippen LogP contribution in [0.3, 0.4) is 0 Å². The molecule has 1 N–H and O–H groups in total. The molecule has 4 nitrogen and oxygen atoms in total. The van der Waals surface area contributed by atoms with Gasteiger partial charge in [-0.05, 0) is 48.6 Å². The van der Waals surface area contributed by atoms with Crippen molar-refractivity contribution in [2.24, 2.45) is 0 Å². The Labute approximate surface area is 185 Å². The number of carbonyl (C=O) groups is 2. The Bertz CT molecular complexity index is 1010. The van der Waals surface area contributed by atoms with Crippen LogP contribution in [0.2, 0.25) is 0 Å². The first-order valence-corrected chi connectivity index (χ1v) is 11.1. The smallest absolute Gasteiger partial charge is 0.243 e. The molecule has 0 bridgehead atoms. The van der Waals surface area contributed by atoms with Crippen molar-refractivity contribution in [3.8, 4) is 0 Å². The summed E-state index contributed by atoms with van der Waals surface area (Å²) in [7, 11) is 0. The fourth-order valence-corrected chi connectivity index (χ4v) is 3.98. The molecule has 0 saturated carbocycles. The summed E-state index contributed by atoms with van der Waals surface area (Å²) in [6.45, 7) is 6.27. The quantitative estimate of drug-likeness (QED) is 0.527. The van der Waals surface area contributed by atoms with Gasteiger partial charge in [0, 0.05) is 19.0 Å². The number of amides is 2. The average Bonchev–Trinajstić information content (AvgIpc) is 2.77. The summed E-state index contributed by atoms with van der Waals surface area (Å²) in [6, 6.07) is 23.9. The highest BCUT2D eigenvalue weighted by atomic mass is 16.2. The van der Waals surface area contributed by atoms with Gasteiger partial charge in [0.15, 0.2) is 0 Å². The van der Waals surface area contributed by atoms with E-state index in [-0.39, 0.29) is 17.9 Å². The van der Waals surface area contributed by atoms with Crippen LogP contribution >= 0.6 is 0 Å². The van der Waals surface area contributed by atoms with Gasteiger partial charge >= 0.3 is 0 Å². The Hall–Kier alpha value is -3.14. The van der Waals surface area contributed by atoms with Crippen LogP contribution < -0.4 is 5.32 Å². The molecule has 0 aromatic heterocycles. The molecule has 0 aliphatic carbocycles. The third kappa shape index (κ3) is 5.94. The Morgan fingerprint density at radius 2 is 1.58 bits per heavy atom. The van der Waals surface area contributed by atoms with E-state index in [2.05, 4.69) is 29.6 Å². The number of fused-ring (bicyclic) bond motifs is 1. The minimum Gasteiger partial charge on any atom is -0.352 e. The highest BCUT2D eigenvalue weighted by molar-refractivity contribution is 5.89. The standard InChI is InChI=1S/C27H32N2O2/c1-4-25(27(31)28-20(2)3)29(19-21-11-6-5-7-12-21)26(30)18-17-23-15-10-14-22-13-8-9-16-24(22)23/h5-16,20,25H,4,17-19H2,1-3H3,(H,28,31)/t25-/m1/s1. The Balaban J connectivity index is 1.81. The van der Waals surface area contributed by atoms with Crippen LogP contribution in [0, 0.1) is 0 Å². The fraction of sp³-hybridized carbons (Fsp3) is 0.333. The topological polar surface area (TPSA) is 49.4 Å². The zero-order chi connectivity index (χ0) is 22.2. The van der Waals surface area contributed by atoms with Crippen molar-refractivity contribution in [1.82, 2.24) is 10.2 Å². The summed E-state index contributed by atoms with van der Waals surface area (Å²) in [5, 5.41) is 5.33. The molecule has 0 spiro atoms. The van der Waals surface area contributed by atoms with E-state index in [0.717, 1.165) is 11.1 Å². The molecule has 2 amide bonds. The number of carbonyl (C=O) groups excluding carboxylic acids is 2. The van der Waals surface area contributed by atoms with Crippen molar-refractivity contribution >= 4 is 22.6 Å². The predicted octanol–water partition coefficient (Wildman–Crippen LogP) is 5.10. The van der Waals surface area contributed by atoms with Crippen molar-refractivity contribution in [1.29, 1.82) is 0 Å². The molecule has 0 unspecified atom stereocenters. The van der Waals surface area contributed by atoms with Crippen LogP contribution in [0.1, 0.15) is 44.7 Å². The van der Waals surface area contributed by atoms with Crippen LogP contribution in [0.15, 0.2) is 72.8 Å². The molecular weight excluding hydrogens is 384 g/mol. The molecular formula is C27H32N2O2. The van der Waals surface area contributed by atoms with E-state index in [0.29, 0.717) is 25.8 Å². The van der Waals surface area contributed by atoms with Gasteiger partial charge in [0.05, 0.1) is 0 Å². The van der Waals surface area contributed by atoms with Crippen molar-refractivity contribution in [2.75, 3.05) is 0 Å². The van der Waals surface area contributed by atoms with Gasteiger partial charge in [-0.2, -0.15) is 0 Å². The van der Waals surface area contributed by atoms with Gasteiger partial charge in [-0.3, -0.25) is 9.59 Å². The van der Waals surface area contributed by atoms with E-state index >= 15 is 0 Å². The molecule has 4 heteroatoms. The predicted molar refractivity (Wildman–Crippen MR) is 127 cm³/mol. The zero-order valence-electron chi connectivity index (χ0n) is 18.7. The van der Waals surface area contributed by atoms with Crippen LogP contribution in [0.25, 0.3) is 10.8 Å². The first-order chi connectivity index (χ1) is 15.0. The lowest BCUT2D eigenvalue weighted by Crippen LogP contribution is -2.50. The first-order valence-electron chi connectivity index (χ1n) is 11.1. The van der Waals surface area contributed by atoms with Crippen molar-refractivity contribution in [3.05, 3.63) is 83.9 Å². The van der Waals surface area contributed by atoms with Crippen molar-refractivity contribution in [2.45, 2.75) is 58.7 Å². The molecule has 3 aromatic carbocycles. The van der Waals surface area contributed by atoms with Gasteiger partial charge in [0.2, 0.25) is 11.8 Å². The van der Waals surface area contributed by atoms with Crippen LogP contribution in [-0.4, -0.2) is 28.8 Å². The normalized spacial score (nSPS) is 12.0. The van der Waals surface area contributed by atoms with E-state index in [1.807, 2.05) is 69.3 Å². The molecule has 3 rings (SSSR count). The SMILES string of the molecule is CC[C@H](C(=O)NC(C)C)N(Cc1ccccc1)C(=O)CCc1cccc2ccccc12. The van der Waals surface area contributed by atoms with E-state index < -0.39 is 6.04 Å². The average molecular weight is 417 g/mol. The van der Waals surface area contributed by atoms with E-state index in [1.54, 1.807) is 4.90 Å². The molecule has 0 aliphatic heterocycles. The number of hydrogen-bond acceptors (Lipinski definition) is 2. The lowest BCUT2D eigenvalue weighted by molar-refractivity contribution is -0.141. The molecule has 162 valence electrons. The molecule has 1 atom stereocenters. The maximum atomic E-state index is 13.4. The van der Waals surface area contributed by atoms with Gasteiger partial charge in [-0.15, -0.1) is 0 Å². The lowest BCUT2D eigenvalue weighted by atomic mass is 10.00. The number of nitrogens with zero attached hydrogens (tertiary/aromatic N) is 1. The number of hydrogen-bond donors (Lipinski definition) is 1. The second-order valence-corrected chi connectivity index (χ2v) is 8.23. The minimum atomic E-state index is -0.484. The number of nitrogens with one attached hydrogen (secondary N) is 1. The summed E-state index contributed by atoms with van der Waals surface area (Å²) in [4.78, 5) is 28.0. The van der Waals surface area contributed by atoms with E-state index in [1.165, 1.54) is 10.8 Å². The molecule has 31 heavy (non-hydrogen) atoms. The number of aryl methyl sites for hydroxylation is 1. The maximum Gasteiger partial charge on any atom is 0.243 e. The summed E-state index contributed by atoms with van der Waals surface area (Å²) in [5.74, 6) is -0.0884.